The van der Waals surface area contributed by atoms with Gasteiger partial charge in [-0.25, -0.2) is 4.98 Å². The third-order valence-electron chi connectivity index (χ3n) is 4.38. The highest BCUT2D eigenvalue weighted by Gasteiger charge is 2.28. The SMILES string of the molecule is Cc1ccc(NC(=O)CSCc2cc(=O)n3nc(C4CC4)sc3n2)c(C)c1. The van der Waals surface area contributed by atoms with Crippen molar-refractivity contribution in [2.75, 3.05) is 11.1 Å². The van der Waals surface area contributed by atoms with E-state index in [0.29, 0.717) is 28.1 Å². The molecule has 1 fully saturated rings. The third kappa shape index (κ3) is 4.22. The van der Waals surface area contributed by atoms with Gasteiger partial charge in [-0.05, 0) is 38.3 Å². The molecule has 0 radical (unpaired) electrons. The fraction of sp³-hybridized carbons (Fsp3) is 0.368. The number of aromatic nitrogens is 3. The van der Waals surface area contributed by atoms with Crippen LogP contribution in [-0.2, 0) is 10.5 Å². The van der Waals surface area contributed by atoms with Gasteiger partial charge in [0, 0.05) is 23.4 Å². The number of nitrogens with zero attached hydrogens (tertiary/aromatic N) is 3. The van der Waals surface area contributed by atoms with Crippen molar-refractivity contribution in [3.63, 3.8) is 0 Å². The summed E-state index contributed by atoms with van der Waals surface area (Å²) < 4.78 is 1.39. The van der Waals surface area contributed by atoms with Crippen LogP contribution in [0.2, 0.25) is 0 Å². The summed E-state index contributed by atoms with van der Waals surface area (Å²) >= 11 is 2.94. The summed E-state index contributed by atoms with van der Waals surface area (Å²) in [7, 11) is 0. The molecule has 0 atom stereocenters. The molecule has 27 heavy (non-hydrogen) atoms. The van der Waals surface area contributed by atoms with Gasteiger partial charge in [0.2, 0.25) is 10.9 Å². The Morgan fingerprint density at radius 1 is 1.33 bits per heavy atom. The number of fused-ring (bicyclic) bond motifs is 1. The number of anilines is 1. The number of thioether (sulfide) groups is 1. The first kappa shape index (κ1) is 18.2. The maximum absolute atomic E-state index is 12.2. The molecule has 0 aliphatic heterocycles. The van der Waals surface area contributed by atoms with E-state index in [4.69, 9.17) is 0 Å². The number of hydrogen-bond donors (Lipinski definition) is 1. The molecule has 6 nitrogen and oxygen atoms in total. The minimum absolute atomic E-state index is 0.0569. The number of rotatable bonds is 6. The Labute approximate surface area is 165 Å². The van der Waals surface area contributed by atoms with Crippen LogP contribution in [0.1, 0.15) is 40.6 Å². The highest BCUT2D eigenvalue weighted by molar-refractivity contribution is 7.99. The zero-order valence-electron chi connectivity index (χ0n) is 15.2. The molecular formula is C19H20N4O2S2. The predicted octanol–water partition coefficient (Wildman–Crippen LogP) is 3.52. The van der Waals surface area contributed by atoms with Gasteiger partial charge in [0.05, 0.1) is 11.4 Å². The van der Waals surface area contributed by atoms with Crippen LogP contribution in [0.25, 0.3) is 4.96 Å². The maximum Gasteiger partial charge on any atom is 0.275 e. The van der Waals surface area contributed by atoms with Crippen molar-refractivity contribution in [3.05, 3.63) is 56.4 Å². The minimum atomic E-state index is -0.154. The summed E-state index contributed by atoms with van der Waals surface area (Å²) in [6.07, 6.45) is 2.29. The molecule has 1 N–H and O–H groups in total. The molecule has 1 amide bonds. The molecule has 0 spiro atoms. The molecule has 0 bridgehead atoms. The second-order valence-corrected chi connectivity index (χ2v) is 8.83. The zero-order valence-corrected chi connectivity index (χ0v) is 16.8. The largest absolute Gasteiger partial charge is 0.325 e. The average molecular weight is 401 g/mol. The Kier molecular flexibility index (Phi) is 5.01. The van der Waals surface area contributed by atoms with Crippen molar-refractivity contribution < 1.29 is 4.79 Å². The predicted molar refractivity (Wildman–Crippen MR) is 110 cm³/mol. The molecule has 4 rings (SSSR count). The van der Waals surface area contributed by atoms with Crippen molar-refractivity contribution in [2.45, 2.75) is 38.4 Å². The van der Waals surface area contributed by atoms with Gasteiger partial charge >= 0.3 is 0 Å². The van der Waals surface area contributed by atoms with Gasteiger partial charge in [0.1, 0.15) is 5.01 Å². The van der Waals surface area contributed by atoms with E-state index in [-0.39, 0.29) is 11.5 Å². The Morgan fingerprint density at radius 2 is 2.15 bits per heavy atom. The van der Waals surface area contributed by atoms with E-state index < -0.39 is 0 Å². The Morgan fingerprint density at radius 3 is 2.89 bits per heavy atom. The highest BCUT2D eigenvalue weighted by atomic mass is 32.2. The smallest absolute Gasteiger partial charge is 0.275 e. The van der Waals surface area contributed by atoms with Crippen LogP contribution < -0.4 is 10.9 Å². The van der Waals surface area contributed by atoms with Crippen molar-refractivity contribution in [2.24, 2.45) is 0 Å². The van der Waals surface area contributed by atoms with Gasteiger partial charge in [-0.3, -0.25) is 9.59 Å². The lowest BCUT2D eigenvalue weighted by molar-refractivity contribution is -0.113. The van der Waals surface area contributed by atoms with Crippen LogP contribution >= 0.6 is 23.1 Å². The van der Waals surface area contributed by atoms with E-state index in [9.17, 15) is 9.59 Å². The molecule has 140 valence electrons. The summed E-state index contributed by atoms with van der Waals surface area (Å²) in [4.78, 5) is 29.6. The summed E-state index contributed by atoms with van der Waals surface area (Å²) in [6, 6.07) is 7.46. The molecule has 0 saturated heterocycles. The van der Waals surface area contributed by atoms with Crippen molar-refractivity contribution in [3.8, 4) is 0 Å². The zero-order chi connectivity index (χ0) is 19.0. The molecule has 2 aromatic heterocycles. The second kappa shape index (κ2) is 7.44. The van der Waals surface area contributed by atoms with Crippen molar-refractivity contribution in [1.82, 2.24) is 14.6 Å². The summed E-state index contributed by atoms with van der Waals surface area (Å²) in [5.74, 6) is 1.27. The molecule has 1 aliphatic carbocycles. The van der Waals surface area contributed by atoms with Crippen molar-refractivity contribution >= 4 is 39.7 Å². The fourth-order valence-corrected chi connectivity index (χ4v) is 4.64. The maximum atomic E-state index is 12.2. The lowest BCUT2D eigenvalue weighted by Gasteiger charge is -2.09. The van der Waals surface area contributed by atoms with E-state index in [1.165, 1.54) is 39.2 Å². The quantitative estimate of drug-likeness (QED) is 0.685. The first-order chi connectivity index (χ1) is 13.0. The number of aryl methyl sites for hydroxylation is 2. The van der Waals surface area contributed by atoms with Gasteiger partial charge in [0.15, 0.2) is 0 Å². The van der Waals surface area contributed by atoms with E-state index >= 15 is 0 Å². The van der Waals surface area contributed by atoms with Gasteiger partial charge < -0.3 is 5.32 Å². The second-order valence-electron chi connectivity index (χ2n) is 6.85. The van der Waals surface area contributed by atoms with Crippen LogP contribution in [0.3, 0.4) is 0 Å². The topological polar surface area (TPSA) is 76.4 Å². The number of carbonyl (C=O) groups excluding carboxylic acids is 1. The van der Waals surface area contributed by atoms with Crippen LogP contribution in [0, 0.1) is 13.8 Å². The van der Waals surface area contributed by atoms with Gasteiger partial charge in [0.25, 0.3) is 5.56 Å². The Hall–Kier alpha value is -2.19. The molecule has 1 saturated carbocycles. The third-order valence-corrected chi connectivity index (χ3v) is 6.42. The molecular weight excluding hydrogens is 380 g/mol. The fourth-order valence-electron chi connectivity index (χ4n) is 2.83. The monoisotopic (exact) mass is 400 g/mol. The van der Waals surface area contributed by atoms with Crippen molar-refractivity contribution in [1.29, 1.82) is 0 Å². The summed E-state index contributed by atoms with van der Waals surface area (Å²) in [5.41, 5.74) is 3.58. The molecule has 1 aliphatic rings. The number of carbonyl (C=O) groups is 1. The minimum Gasteiger partial charge on any atom is -0.325 e. The molecule has 0 unspecified atom stereocenters. The van der Waals surface area contributed by atoms with Crippen LogP contribution in [0.4, 0.5) is 5.69 Å². The summed E-state index contributed by atoms with van der Waals surface area (Å²) in [6.45, 7) is 4.00. The van der Waals surface area contributed by atoms with Gasteiger partial charge in [-0.15, -0.1) is 11.8 Å². The lowest BCUT2D eigenvalue weighted by Crippen LogP contribution is -2.16. The lowest BCUT2D eigenvalue weighted by atomic mass is 10.1. The standard InChI is InChI=1S/C19H20N4O2S2/c1-11-3-6-15(12(2)7-11)21-16(24)10-26-9-14-8-17(25)23-19(20-14)27-18(22-23)13-4-5-13/h3,6-8,13H,4-5,9-10H2,1-2H3,(H,21,24). The summed E-state index contributed by atoms with van der Waals surface area (Å²) in [5, 5.41) is 8.31. The van der Waals surface area contributed by atoms with E-state index in [2.05, 4.69) is 15.4 Å². The number of benzene rings is 1. The first-order valence-electron chi connectivity index (χ1n) is 8.84. The average Bonchev–Trinajstić information content (AvgIpc) is 3.37. The Balaban J connectivity index is 1.37. The van der Waals surface area contributed by atoms with E-state index in [0.717, 1.165) is 29.1 Å². The van der Waals surface area contributed by atoms with Crippen LogP contribution in [0.15, 0.2) is 29.1 Å². The number of nitrogens with one attached hydrogen (secondary N) is 1. The van der Waals surface area contributed by atoms with E-state index in [1.807, 2.05) is 32.0 Å². The highest BCUT2D eigenvalue weighted by Crippen LogP contribution is 2.41. The number of hydrogen-bond acceptors (Lipinski definition) is 6. The molecule has 2 heterocycles. The van der Waals surface area contributed by atoms with Gasteiger partial charge in [-0.2, -0.15) is 9.61 Å². The van der Waals surface area contributed by atoms with E-state index in [1.54, 1.807) is 0 Å². The molecule has 3 aromatic rings. The molecule has 1 aromatic carbocycles. The normalized spacial score (nSPS) is 13.9. The Bertz CT molecular complexity index is 1070. The van der Waals surface area contributed by atoms with Gasteiger partial charge in [-0.1, -0.05) is 29.0 Å². The first-order valence-corrected chi connectivity index (χ1v) is 10.8. The van der Waals surface area contributed by atoms with Crippen LogP contribution in [-0.4, -0.2) is 26.3 Å². The number of amides is 1. The molecule has 8 heteroatoms. The van der Waals surface area contributed by atoms with Crippen LogP contribution in [0.5, 0.6) is 0 Å².